The summed E-state index contributed by atoms with van der Waals surface area (Å²) in [4.78, 5) is 12.1. The van der Waals surface area contributed by atoms with E-state index in [1.165, 1.54) is 0 Å². The van der Waals surface area contributed by atoms with Gasteiger partial charge >= 0.3 is 0 Å². The largest absolute Gasteiger partial charge is 0.493 e. The van der Waals surface area contributed by atoms with Crippen molar-refractivity contribution < 1.29 is 14.3 Å². The molecule has 2 aromatic carbocycles. The van der Waals surface area contributed by atoms with Gasteiger partial charge in [0.1, 0.15) is 11.5 Å². The number of nitrogens with one attached hydrogen (secondary N) is 1. The maximum Gasteiger partial charge on any atom is 0.271 e. The molecule has 0 aliphatic rings. The Kier molecular flexibility index (Phi) is 8.15. The topological polar surface area (TPSA) is 59.9 Å². The van der Waals surface area contributed by atoms with Gasteiger partial charge in [-0.2, -0.15) is 5.10 Å². The number of nitrogens with zero attached hydrogens (tertiary/aromatic N) is 1. The second kappa shape index (κ2) is 10.6. The Balaban J connectivity index is 2.06. The van der Waals surface area contributed by atoms with Crippen molar-refractivity contribution in [3.05, 3.63) is 58.1 Å². The van der Waals surface area contributed by atoms with Crippen molar-refractivity contribution in [2.75, 3.05) is 13.2 Å². The SMILES string of the molecule is CCCOc1ccc(C=NNC(=O)c2ccc(Br)cc2)c(OCCC)c1. The fourth-order valence-corrected chi connectivity index (χ4v) is 2.36. The summed E-state index contributed by atoms with van der Waals surface area (Å²) in [6.45, 7) is 5.36. The number of amides is 1. The Morgan fingerprint density at radius 1 is 1.08 bits per heavy atom. The molecule has 0 unspecified atom stereocenters. The first-order valence-electron chi connectivity index (χ1n) is 8.62. The molecule has 0 fully saturated rings. The summed E-state index contributed by atoms with van der Waals surface area (Å²) in [6.07, 6.45) is 3.42. The Morgan fingerprint density at radius 2 is 1.77 bits per heavy atom. The maximum atomic E-state index is 12.1. The number of benzene rings is 2. The second-order valence-corrected chi connectivity index (χ2v) is 6.52. The molecule has 0 aromatic heterocycles. The van der Waals surface area contributed by atoms with E-state index in [1.54, 1.807) is 18.3 Å². The van der Waals surface area contributed by atoms with E-state index in [0.717, 1.165) is 28.6 Å². The van der Waals surface area contributed by atoms with E-state index in [-0.39, 0.29) is 5.91 Å². The Hall–Kier alpha value is -2.34. The van der Waals surface area contributed by atoms with E-state index < -0.39 is 0 Å². The number of halogens is 1. The van der Waals surface area contributed by atoms with Crippen LogP contribution in [0.3, 0.4) is 0 Å². The van der Waals surface area contributed by atoms with E-state index >= 15 is 0 Å². The number of ether oxygens (including phenoxy) is 2. The van der Waals surface area contributed by atoms with Gasteiger partial charge in [0.2, 0.25) is 0 Å². The normalized spacial score (nSPS) is 10.7. The molecule has 2 rings (SSSR count). The maximum absolute atomic E-state index is 12.1. The molecule has 0 heterocycles. The number of carbonyl (C=O) groups excluding carboxylic acids is 1. The van der Waals surface area contributed by atoms with Crippen LogP contribution in [0.25, 0.3) is 0 Å². The molecule has 5 nitrogen and oxygen atoms in total. The van der Waals surface area contributed by atoms with Gasteiger partial charge in [0.15, 0.2) is 0 Å². The molecule has 2 aromatic rings. The molecular formula is C20H23BrN2O3. The van der Waals surface area contributed by atoms with Crippen molar-refractivity contribution in [2.24, 2.45) is 5.10 Å². The lowest BCUT2D eigenvalue weighted by Gasteiger charge is -2.11. The first-order valence-corrected chi connectivity index (χ1v) is 9.42. The molecule has 138 valence electrons. The molecular weight excluding hydrogens is 396 g/mol. The zero-order valence-corrected chi connectivity index (χ0v) is 16.6. The van der Waals surface area contributed by atoms with E-state index in [1.807, 2.05) is 37.3 Å². The van der Waals surface area contributed by atoms with Gasteiger partial charge in [0.25, 0.3) is 5.91 Å². The van der Waals surface area contributed by atoms with Gasteiger partial charge in [-0.25, -0.2) is 5.43 Å². The summed E-state index contributed by atoms with van der Waals surface area (Å²) in [6, 6.07) is 12.7. The zero-order chi connectivity index (χ0) is 18.8. The van der Waals surface area contributed by atoms with Gasteiger partial charge < -0.3 is 9.47 Å². The molecule has 0 aliphatic heterocycles. The molecule has 0 saturated carbocycles. The van der Waals surface area contributed by atoms with Crippen LogP contribution in [0.4, 0.5) is 0 Å². The molecule has 1 N–H and O–H groups in total. The van der Waals surface area contributed by atoms with E-state index in [4.69, 9.17) is 9.47 Å². The highest BCUT2D eigenvalue weighted by Crippen LogP contribution is 2.24. The van der Waals surface area contributed by atoms with E-state index in [2.05, 4.69) is 33.4 Å². The molecule has 0 saturated heterocycles. The summed E-state index contributed by atoms with van der Waals surface area (Å²) in [5.41, 5.74) is 3.84. The molecule has 0 radical (unpaired) electrons. The minimum absolute atomic E-state index is 0.271. The summed E-state index contributed by atoms with van der Waals surface area (Å²) in [5.74, 6) is 1.17. The van der Waals surface area contributed by atoms with Crippen LogP contribution in [0.1, 0.15) is 42.6 Å². The van der Waals surface area contributed by atoms with Crippen LogP contribution in [-0.4, -0.2) is 25.3 Å². The molecule has 0 bridgehead atoms. The van der Waals surface area contributed by atoms with Gasteiger partial charge in [-0.05, 0) is 49.2 Å². The third kappa shape index (κ3) is 6.19. The highest BCUT2D eigenvalue weighted by atomic mass is 79.9. The molecule has 1 amide bonds. The van der Waals surface area contributed by atoms with Crippen LogP contribution in [0.2, 0.25) is 0 Å². The molecule has 0 aliphatic carbocycles. The first kappa shape index (κ1) is 20.0. The number of hydrogen-bond acceptors (Lipinski definition) is 4. The lowest BCUT2D eigenvalue weighted by Crippen LogP contribution is -2.17. The van der Waals surface area contributed by atoms with Gasteiger partial charge in [-0.1, -0.05) is 29.8 Å². The number of rotatable bonds is 9. The minimum atomic E-state index is -0.271. The van der Waals surface area contributed by atoms with Crippen molar-refractivity contribution in [3.8, 4) is 11.5 Å². The second-order valence-electron chi connectivity index (χ2n) is 5.60. The van der Waals surface area contributed by atoms with Crippen LogP contribution in [0.5, 0.6) is 11.5 Å². The molecule has 0 spiro atoms. The number of hydrazone groups is 1. The molecule has 26 heavy (non-hydrogen) atoms. The molecule has 6 heteroatoms. The minimum Gasteiger partial charge on any atom is -0.493 e. The lowest BCUT2D eigenvalue weighted by molar-refractivity contribution is 0.0955. The third-order valence-electron chi connectivity index (χ3n) is 3.40. The van der Waals surface area contributed by atoms with Crippen LogP contribution in [-0.2, 0) is 0 Å². The third-order valence-corrected chi connectivity index (χ3v) is 3.92. The Morgan fingerprint density at radius 3 is 2.46 bits per heavy atom. The van der Waals surface area contributed by atoms with Gasteiger partial charge in [0, 0.05) is 21.7 Å². The van der Waals surface area contributed by atoms with Gasteiger partial charge in [0.05, 0.1) is 19.4 Å². The zero-order valence-electron chi connectivity index (χ0n) is 15.0. The number of carbonyl (C=O) groups is 1. The predicted molar refractivity (Wildman–Crippen MR) is 107 cm³/mol. The number of hydrogen-bond donors (Lipinski definition) is 1. The average molecular weight is 419 g/mol. The fourth-order valence-electron chi connectivity index (χ4n) is 2.09. The van der Waals surface area contributed by atoms with Crippen LogP contribution >= 0.6 is 15.9 Å². The highest BCUT2D eigenvalue weighted by Gasteiger charge is 2.06. The smallest absolute Gasteiger partial charge is 0.271 e. The summed E-state index contributed by atoms with van der Waals surface area (Å²) < 4.78 is 12.3. The lowest BCUT2D eigenvalue weighted by atomic mass is 10.2. The van der Waals surface area contributed by atoms with Gasteiger partial charge in [-0.3, -0.25) is 4.79 Å². The van der Waals surface area contributed by atoms with Crippen molar-refractivity contribution in [2.45, 2.75) is 26.7 Å². The predicted octanol–water partition coefficient (Wildman–Crippen LogP) is 4.79. The Labute approximate surface area is 162 Å². The highest BCUT2D eigenvalue weighted by molar-refractivity contribution is 9.10. The van der Waals surface area contributed by atoms with Crippen LogP contribution < -0.4 is 14.9 Å². The van der Waals surface area contributed by atoms with Crippen LogP contribution in [0, 0.1) is 0 Å². The van der Waals surface area contributed by atoms with Gasteiger partial charge in [-0.15, -0.1) is 0 Å². The van der Waals surface area contributed by atoms with E-state index in [9.17, 15) is 4.79 Å². The van der Waals surface area contributed by atoms with E-state index in [0.29, 0.717) is 24.5 Å². The summed E-state index contributed by atoms with van der Waals surface area (Å²) >= 11 is 3.34. The quantitative estimate of drug-likeness (QED) is 0.470. The van der Waals surface area contributed by atoms with Crippen molar-refractivity contribution in [1.82, 2.24) is 5.43 Å². The standard InChI is InChI=1S/C20H23BrN2O3/c1-3-11-25-18-10-7-16(19(13-18)26-12-4-2)14-22-23-20(24)15-5-8-17(21)9-6-15/h5-10,13-14H,3-4,11-12H2,1-2H3,(H,23,24). The first-order chi connectivity index (χ1) is 12.6. The van der Waals surface area contributed by atoms with Crippen molar-refractivity contribution in [1.29, 1.82) is 0 Å². The molecule has 0 atom stereocenters. The average Bonchev–Trinajstić information content (AvgIpc) is 2.66. The van der Waals surface area contributed by atoms with Crippen molar-refractivity contribution >= 4 is 28.1 Å². The monoisotopic (exact) mass is 418 g/mol. The Bertz CT molecular complexity index is 745. The van der Waals surface area contributed by atoms with Crippen molar-refractivity contribution in [3.63, 3.8) is 0 Å². The summed E-state index contributed by atoms with van der Waals surface area (Å²) in [7, 11) is 0. The fraction of sp³-hybridized carbons (Fsp3) is 0.300. The summed E-state index contributed by atoms with van der Waals surface area (Å²) in [5, 5.41) is 4.04. The van der Waals surface area contributed by atoms with Crippen LogP contribution in [0.15, 0.2) is 52.0 Å².